The molecule has 76 valence electrons. The Balaban J connectivity index is 2.40. The quantitative estimate of drug-likeness (QED) is 0.600. The third-order valence-electron chi connectivity index (χ3n) is 1.65. The molecule has 14 heavy (non-hydrogen) atoms. The van der Waals surface area contributed by atoms with E-state index in [1.807, 2.05) is 0 Å². The van der Waals surface area contributed by atoms with Gasteiger partial charge < -0.3 is 11.1 Å². The third kappa shape index (κ3) is 3.21. The number of nitrogens with one attached hydrogen (secondary N) is 1. The molecule has 0 aromatic heterocycles. The fraction of sp³-hybridized carbons (Fsp3) is 0.375. The van der Waals surface area contributed by atoms with Gasteiger partial charge >= 0.3 is 0 Å². The molecule has 2 amide bonds. The molecule has 0 aromatic rings. The van der Waals surface area contributed by atoms with Crippen molar-refractivity contribution in [3.8, 4) is 0 Å². The highest BCUT2D eigenvalue weighted by Gasteiger charge is 2.25. The number of carbonyl (C=O) groups excluding carboxylic acids is 3. The van der Waals surface area contributed by atoms with E-state index in [9.17, 15) is 14.4 Å². The number of thioether (sulfide) groups is 1. The SMILES string of the molecule is NC(=O)C=CC(=O)NC1CCSC1=O. The largest absolute Gasteiger partial charge is 0.366 e. The summed E-state index contributed by atoms with van der Waals surface area (Å²) >= 11 is 1.20. The molecule has 5 nitrogen and oxygen atoms in total. The van der Waals surface area contributed by atoms with Crippen LogP contribution in [0.15, 0.2) is 12.2 Å². The van der Waals surface area contributed by atoms with Gasteiger partial charge in [0.15, 0.2) is 0 Å². The van der Waals surface area contributed by atoms with Gasteiger partial charge in [0.25, 0.3) is 0 Å². The molecule has 1 saturated heterocycles. The van der Waals surface area contributed by atoms with Gasteiger partial charge in [-0.15, -0.1) is 0 Å². The molecule has 1 aliphatic rings. The van der Waals surface area contributed by atoms with Crippen molar-refractivity contribution in [2.24, 2.45) is 5.73 Å². The van der Waals surface area contributed by atoms with Crippen molar-refractivity contribution in [1.29, 1.82) is 0 Å². The summed E-state index contributed by atoms with van der Waals surface area (Å²) in [5, 5.41) is 2.44. The van der Waals surface area contributed by atoms with Crippen LogP contribution in [0.3, 0.4) is 0 Å². The molecule has 1 rings (SSSR count). The summed E-state index contributed by atoms with van der Waals surface area (Å²) in [5.41, 5.74) is 4.80. The van der Waals surface area contributed by atoms with Crippen LogP contribution < -0.4 is 11.1 Å². The van der Waals surface area contributed by atoms with E-state index in [-0.39, 0.29) is 5.12 Å². The van der Waals surface area contributed by atoms with Gasteiger partial charge in [0.1, 0.15) is 0 Å². The Bertz CT molecular complexity index is 301. The Morgan fingerprint density at radius 3 is 2.71 bits per heavy atom. The van der Waals surface area contributed by atoms with E-state index in [1.54, 1.807) is 0 Å². The van der Waals surface area contributed by atoms with Crippen molar-refractivity contribution >= 4 is 28.7 Å². The number of hydrogen-bond acceptors (Lipinski definition) is 4. The lowest BCUT2D eigenvalue weighted by atomic mass is 10.2. The lowest BCUT2D eigenvalue weighted by Crippen LogP contribution is -2.36. The first kappa shape index (κ1) is 10.8. The van der Waals surface area contributed by atoms with Crippen molar-refractivity contribution < 1.29 is 14.4 Å². The van der Waals surface area contributed by atoms with Gasteiger partial charge in [-0.2, -0.15) is 0 Å². The Morgan fingerprint density at radius 1 is 1.50 bits per heavy atom. The molecular formula is C8H10N2O3S. The molecule has 3 N–H and O–H groups in total. The summed E-state index contributed by atoms with van der Waals surface area (Å²) in [6.45, 7) is 0. The van der Waals surface area contributed by atoms with Gasteiger partial charge in [0.2, 0.25) is 16.9 Å². The van der Waals surface area contributed by atoms with Gasteiger partial charge in [0.05, 0.1) is 6.04 Å². The number of rotatable bonds is 3. The lowest BCUT2D eigenvalue weighted by molar-refractivity contribution is -0.121. The second-order valence-corrected chi connectivity index (χ2v) is 3.85. The molecule has 1 fully saturated rings. The predicted octanol–water partition coefficient (Wildman–Crippen LogP) is -0.824. The van der Waals surface area contributed by atoms with Crippen LogP contribution in [0.4, 0.5) is 0 Å². The van der Waals surface area contributed by atoms with Gasteiger partial charge in [-0.05, 0) is 6.42 Å². The molecule has 0 aromatic carbocycles. The molecule has 0 spiro atoms. The summed E-state index contributed by atoms with van der Waals surface area (Å²) in [6.07, 6.45) is 2.63. The van der Waals surface area contributed by atoms with Gasteiger partial charge in [-0.3, -0.25) is 14.4 Å². The number of carbonyl (C=O) groups is 3. The zero-order valence-corrected chi connectivity index (χ0v) is 8.17. The predicted molar refractivity (Wildman–Crippen MR) is 52.3 cm³/mol. The average Bonchev–Trinajstić information content (AvgIpc) is 2.49. The average molecular weight is 214 g/mol. The Morgan fingerprint density at radius 2 is 2.21 bits per heavy atom. The summed E-state index contributed by atoms with van der Waals surface area (Å²) in [6, 6.07) is -0.426. The number of hydrogen-bond donors (Lipinski definition) is 2. The summed E-state index contributed by atoms with van der Waals surface area (Å²) < 4.78 is 0. The van der Waals surface area contributed by atoms with Gasteiger partial charge in [-0.1, -0.05) is 11.8 Å². The van der Waals surface area contributed by atoms with Crippen LogP contribution in [0.1, 0.15) is 6.42 Å². The number of nitrogens with two attached hydrogens (primary N) is 1. The van der Waals surface area contributed by atoms with Crippen LogP contribution in [0.5, 0.6) is 0 Å². The second kappa shape index (κ2) is 4.80. The molecule has 6 heteroatoms. The zero-order chi connectivity index (χ0) is 10.6. The number of amides is 2. The van der Waals surface area contributed by atoms with Crippen LogP contribution >= 0.6 is 11.8 Å². The second-order valence-electron chi connectivity index (χ2n) is 2.75. The monoisotopic (exact) mass is 214 g/mol. The number of primary amides is 1. The maximum atomic E-state index is 11.1. The normalized spacial score (nSPS) is 21.4. The highest BCUT2D eigenvalue weighted by Crippen LogP contribution is 2.19. The maximum Gasteiger partial charge on any atom is 0.244 e. The fourth-order valence-electron chi connectivity index (χ4n) is 1.00. The first-order chi connectivity index (χ1) is 6.59. The fourth-order valence-corrected chi connectivity index (χ4v) is 1.94. The van der Waals surface area contributed by atoms with Crippen molar-refractivity contribution in [3.05, 3.63) is 12.2 Å². The summed E-state index contributed by atoms with van der Waals surface area (Å²) in [4.78, 5) is 32.5. The minimum Gasteiger partial charge on any atom is -0.366 e. The molecule has 0 aliphatic carbocycles. The van der Waals surface area contributed by atoms with Crippen molar-refractivity contribution in [2.75, 3.05) is 5.75 Å². The molecule has 1 aliphatic heterocycles. The topological polar surface area (TPSA) is 89.3 Å². The van der Waals surface area contributed by atoms with Crippen molar-refractivity contribution in [2.45, 2.75) is 12.5 Å². The Labute approximate surface area is 85.1 Å². The van der Waals surface area contributed by atoms with Gasteiger partial charge in [0, 0.05) is 17.9 Å². The first-order valence-corrected chi connectivity index (χ1v) is 5.03. The van der Waals surface area contributed by atoms with E-state index in [2.05, 4.69) is 5.32 Å². The standard InChI is InChI=1S/C8H10N2O3S/c9-6(11)1-2-7(12)10-5-3-4-14-8(5)13/h1-2,5H,3-4H2,(H2,9,11)(H,10,12). The van der Waals surface area contributed by atoms with Crippen LogP contribution in [-0.2, 0) is 14.4 Å². The molecule has 1 atom stereocenters. The molecule has 0 saturated carbocycles. The van der Waals surface area contributed by atoms with E-state index < -0.39 is 17.9 Å². The minimum absolute atomic E-state index is 0.0363. The van der Waals surface area contributed by atoms with E-state index >= 15 is 0 Å². The lowest BCUT2D eigenvalue weighted by Gasteiger charge is -2.06. The molecule has 1 heterocycles. The van der Waals surface area contributed by atoms with Crippen LogP contribution in [-0.4, -0.2) is 28.7 Å². The highest BCUT2D eigenvalue weighted by molar-refractivity contribution is 8.14. The minimum atomic E-state index is -0.688. The summed E-state index contributed by atoms with van der Waals surface area (Å²) in [5.74, 6) is -0.430. The molecule has 0 radical (unpaired) electrons. The maximum absolute atomic E-state index is 11.1. The van der Waals surface area contributed by atoms with E-state index in [0.29, 0.717) is 6.42 Å². The van der Waals surface area contributed by atoms with Crippen LogP contribution in [0.25, 0.3) is 0 Å². The third-order valence-corrected chi connectivity index (χ3v) is 2.66. The highest BCUT2D eigenvalue weighted by atomic mass is 32.2. The van der Waals surface area contributed by atoms with E-state index in [1.165, 1.54) is 11.8 Å². The molecule has 0 bridgehead atoms. The van der Waals surface area contributed by atoms with E-state index in [4.69, 9.17) is 5.73 Å². The molecule has 1 unspecified atom stereocenters. The Hall–Kier alpha value is -1.30. The first-order valence-electron chi connectivity index (χ1n) is 4.04. The van der Waals surface area contributed by atoms with Crippen molar-refractivity contribution in [3.63, 3.8) is 0 Å². The Kier molecular flexibility index (Phi) is 3.70. The van der Waals surface area contributed by atoms with Crippen molar-refractivity contribution in [1.82, 2.24) is 5.32 Å². The van der Waals surface area contributed by atoms with Crippen LogP contribution in [0.2, 0.25) is 0 Å². The smallest absolute Gasteiger partial charge is 0.244 e. The van der Waals surface area contributed by atoms with E-state index in [0.717, 1.165) is 17.9 Å². The van der Waals surface area contributed by atoms with Gasteiger partial charge in [-0.25, -0.2) is 0 Å². The summed E-state index contributed by atoms with van der Waals surface area (Å²) in [7, 11) is 0. The zero-order valence-electron chi connectivity index (χ0n) is 7.36. The molecular weight excluding hydrogens is 204 g/mol. The van der Waals surface area contributed by atoms with Crippen LogP contribution in [0, 0.1) is 0 Å².